The summed E-state index contributed by atoms with van der Waals surface area (Å²) in [5.41, 5.74) is 4.50. The monoisotopic (exact) mass is 420 g/mol. The first-order chi connectivity index (χ1) is 10.6. The van der Waals surface area contributed by atoms with Gasteiger partial charge in [-0.25, -0.2) is 0 Å². The number of hydrogen-bond donors (Lipinski definition) is 3. The fourth-order valence-corrected chi connectivity index (χ4v) is 3.96. The summed E-state index contributed by atoms with van der Waals surface area (Å²) in [4.78, 5) is 3.53. The molecule has 4 rings (SSSR count). The summed E-state index contributed by atoms with van der Waals surface area (Å²) >= 11 is 7.04. The van der Waals surface area contributed by atoms with Crippen molar-refractivity contribution < 1.29 is 5.11 Å². The second-order valence-corrected chi connectivity index (χ2v) is 7.38. The molecule has 0 fully saturated rings. The lowest BCUT2D eigenvalue weighted by Crippen LogP contribution is -2.30. The molecule has 2 aromatic carbocycles. The lowest BCUT2D eigenvalue weighted by Gasteiger charge is -2.25. The molecule has 0 spiro atoms. The number of aromatic nitrogens is 1. The molecule has 1 aliphatic heterocycles. The molecule has 0 radical (unpaired) electrons. The van der Waals surface area contributed by atoms with Crippen molar-refractivity contribution in [1.29, 1.82) is 0 Å². The van der Waals surface area contributed by atoms with Crippen LogP contribution in [0.25, 0.3) is 10.9 Å². The van der Waals surface area contributed by atoms with Crippen molar-refractivity contribution >= 4 is 42.8 Å². The highest BCUT2D eigenvalue weighted by Gasteiger charge is 2.27. The summed E-state index contributed by atoms with van der Waals surface area (Å²) in [6.07, 6.45) is 0.983. The van der Waals surface area contributed by atoms with Gasteiger partial charge in [0.05, 0.1) is 6.04 Å². The molecule has 2 heterocycles. The lowest BCUT2D eigenvalue weighted by atomic mass is 9.94. The first-order valence-corrected chi connectivity index (χ1v) is 8.74. The maximum absolute atomic E-state index is 10.2. The molecule has 1 aliphatic rings. The zero-order valence-electron chi connectivity index (χ0n) is 11.7. The van der Waals surface area contributed by atoms with E-state index in [2.05, 4.69) is 54.3 Å². The summed E-state index contributed by atoms with van der Waals surface area (Å²) in [6.45, 7) is 0.892. The third-order valence-corrected chi connectivity index (χ3v) is 5.20. The van der Waals surface area contributed by atoms with E-state index in [1.807, 2.05) is 18.2 Å². The van der Waals surface area contributed by atoms with Gasteiger partial charge in [-0.05, 0) is 48.4 Å². The maximum atomic E-state index is 10.2. The quantitative estimate of drug-likeness (QED) is 0.536. The van der Waals surface area contributed by atoms with E-state index in [1.54, 1.807) is 6.07 Å². The second-order valence-electron chi connectivity index (χ2n) is 5.55. The Morgan fingerprint density at radius 3 is 2.68 bits per heavy atom. The van der Waals surface area contributed by atoms with Gasteiger partial charge >= 0.3 is 0 Å². The van der Waals surface area contributed by atoms with Crippen LogP contribution in [0.15, 0.2) is 45.3 Å². The SMILES string of the molecule is Oc1ccc(Br)cc1C1NCCc2c1[nH]c1ccc(Br)cc21. The van der Waals surface area contributed by atoms with Gasteiger partial charge in [-0.1, -0.05) is 31.9 Å². The van der Waals surface area contributed by atoms with Crippen molar-refractivity contribution in [3.63, 3.8) is 0 Å². The predicted octanol–water partition coefficient (Wildman–Crippen LogP) is 4.63. The fourth-order valence-electron chi connectivity index (χ4n) is 3.22. The molecule has 0 saturated carbocycles. The van der Waals surface area contributed by atoms with E-state index in [-0.39, 0.29) is 6.04 Å². The molecule has 0 amide bonds. The molecule has 1 aromatic heterocycles. The maximum Gasteiger partial charge on any atom is 0.120 e. The zero-order valence-corrected chi connectivity index (χ0v) is 14.8. The van der Waals surface area contributed by atoms with E-state index < -0.39 is 0 Å². The highest BCUT2D eigenvalue weighted by atomic mass is 79.9. The molecule has 0 saturated heterocycles. The predicted molar refractivity (Wildman–Crippen MR) is 95.4 cm³/mol. The van der Waals surface area contributed by atoms with Gasteiger partial charge in [0, 0.05) is 37.7 Å². The van der Waals surface area contributed by atoms with Crippen LogP contribution in [0.2, 0.25) is 0 Å². The van der Waals surface area contributed by atoms with Crippen molar-refractivity contribution in [2.24, 2.45) is 0 Å². The largest absolute Gasteiger partial charge is 0.508 e. The van der Waals surface area contributed by atoms with Crippen LogP contribution in [-0.2, 0) is 6.42 Å². The summed E-state index contributed by atoms with van der Waals surface area (Å²) in [6, 6.07) is 11.8. The van der Waals surface area contributed by atoms with Gasteiger partial charge in [0.15, 0.2) is 0 Å². The van der Waals surface area contributed by atoms with Crippen LogP contribution in [0.5, 0.6) is 5.75 Å². The number of benzene rings is 2. The smallest absolute Gasteiger partial charge is 0.120 e. The number of halogens is 2. The molecular weight excluding hydrogens is 408 g/mol. The van der Waals surface area contributed by atoms with Gasteiger partial charge in [0.2, 0.25) is 0 Å². The van der Waals surface area contributed by atoms with Gasteiger partial charge in [-0.3, -0.25) is 0 Å². The molecule has 3 nitrogen and oxygen atoms in total. The molecule has 1 unspecified atom stereocenters. The number of hydrogen-bond acceptors (Lipinski definition) is 2. The summed E-state index contributed by atoms with van der Waals surface area (Å²) in [5, 5.41) is 15.0. The topological polar surface area (TPSA) is 48.0 Å². The first kappa shape index (κ1) is 14.3. The summed E-state index contributed by atoms with van der Waals surface area (Å²) < 4.78 is 2.05. The number of H-pyrrole nitrogens is 1. The Morgan fingerprint density at radius 2 is 1.82 bits per heavy atom. The minimum absolute atomic E-state index is 0.0209. The summed E-state index contributed by atoms with van der Waals surface area (Å²) in [5.74, 6) is 0.313. The molecule has 5 heteroatoms. The van der Waals surface area contributed by atoms with E-state index in [4.69, 9.17) is 0 Å². The molecule has 0 aliphatic carbocycles. The Labute approximate surface area is 145 Å². The number of phenolic OH excluding ortho intramolecular Hbond substituents is 1. The number of rotatable bonds is 1. The third kappa shape index (κ3) is 2.28. The minimum atomic E-state index is -0.0209. The molecule has 0 bridgehead atoms. The Kier molecular flexibility index (Phi) is 3.51. The number of fused-ring (bicyclic) bond motifs is 3. The van der Waals surface area contributed by atoms with E-state index in [9.17, 15) is 5.11 Å². The first-order valence-electron chi connectivity index (χ1n) is 7.15. The van der Waals surface area contributed by atoms with Gasteiger partial charge in [-0.2, -0.15) is 0 Å². The van der Waals surface area contributed by atoms with Crippen LogP contribution in [0.3, 0.4) is 0 Å². The van der Waals surface area contributed by atoms with Gasteiger partial charge in [0.1, 0.15) is 5.75 Å². The van der Waals surface area contributed by atoms with E-state index in [1.165, 1.54) is 10.9 Å². The number of nitrogens with one attached hydrogen (secondary N) is 2. The van der Waals surface area contributed by atoms with Crippen molar-refractivity contribution in [2.45, 2.75) is 12.5 Å². The van der Waals surface area contributed by atoms with E-state index in [0.29, 0.717) is 5.75 Å². The van der Waals surface area contributed by atoms with Crippen LogP contribution in [0, 0.1) is 0 Å². The van der Waals surface area contributed by atoms with Crippen LogP contribution in [-0.4, -0.2) is 16.6 Å². The van der Waals surface area contributed by atoms with Crippen LogP contribution < -0.4 is 5.32 Å². The van der Waals surface area contributed by atoms with Gasteiger partial charge in [0.25, 0.3) is 0 Å². The molecule has 3 N–H and O–H groups in total. The van der Waals surface area contributed by atoms with Crippen molar-refractivity contribution in [1.82, 2.24) is 10.3 Å². The number of aromatic hydroxyl groups is 1. The van der Waals surface area contributed by atoms with Crippen LogP contribution >= 0.6 is 31.9 Å². The van der Waals surface area contributed by atoms with Crippen molar-refractivity contribution in [2.75, 3.05) is 6.54 Å². The Bertz CT molecular complexity index is 872. The second kappa shape index (κ2) is 5.41. The zero-order chi connectivity index (χ0) is 15.3. The highest BCUT2D eigenvalue weighted by molar-refractivity contribution is 9.10. The standard InChI is InChI=1S/C17H14Br2N2O/c18-9-1-3-14-12(7-9)11-5-6-20-16(17(11)21-14)13-8-10(19)2-4-15(13)22/h1-4,7-8,16,20-22H,5-6H2. The number of aromatic amines is 1. The van der Waals surface area contributed by atoms with Crippen molar-refractivity contribution in [3.05, 3.63) is 62.2 Å². The van der Waals surface area contributed by atoms with Crippen LogP contribution in [0.1, 0.15) is 22.9 Å². The number of phenols is 1. The highest BCUT2D eigenvalue weighted by Crippen LogP contribution is 2.38. The molecule has 3 aromatic rings. The Hall–Kier alpha value is -1.30. The lowest BCUT2D eigenvalue weighted by molar-refractivity contribution is 0.452. The average molecular weight is 422 g/mol. The normalized spacial score (nSPS) is 17.6. The van der Waals surface area contributed by atoms with Gasteiger partial charge < -0.3 is 15.4 Å². The third-order valence-electron chi connectivity index (χ3n) is 4.21. The molecule has 22 heavy (non-hydrogen) atoms. The Balaban J connectivity index is 1.92. The minimum Gasteiger partial charge on any atom is -0.508 e. The van der Waals surface area contributed by atoms with E-state index in [0.717, 1.165) is 38.7 Å². The Morgan fingerprint density at radius 1 is 1.05 bits per heavy atom. The summed E-state index contributed by atoms with van der Waals surface area (Å²) in [7, 11) is 0. The van der Waals surface area contributed by atoms with E-state index >= 15 is 0 Å². The fraction of sp³-hybridized carbons (Fsp3) is 0.176. The molecule has 112 valence electrons. The van der Waals surface area contributed by atoms with Gasteiger partial charge in [-0.15, -0.1) is 0 Å². The molecule has 1 atom stereocenters. The van der Waals surface area contributed by atoms with Crippen LogP contribution in [0.4, 0.5) is 0 Å². The molecular formula is C17H14Br2N2O. The average Bonchev–Trinajstić information content (AvgIpc) is 2.88. The van der Waals surface area contributed by atoms with Crippen molar-refractivity contribution in [3.8, 4) is 5.75 Å².